The molecule has 3 heterocycles. The molecule has 2 aliphatic heterocycles. The summed E-state index contributed by atoms with van der Waals surface area (Å²) in [6, 6.07) is 0.0684. The number of primary amides is 1. The molecule has 3 aliphatic rings. The van der Waals surface area contributed by atoms with Crippen LogP contribution in [0.4, 0.5) is 5.82 Å². The number of carbonyl (C=O) groups excluding carboxylic acids is 3. The normalized spacial score (nSPS) is 32.9. The predicted octanol–water partition coefficient (Wildman–Crippen LogP) is 0.839. The Labute approximate surface area is 174 Å². The zero-order valence-corrected chi connectivity index (χ0v) is 16.3. The first-order chi connectivity index (χ1) is 15.1. The Hall–Kier alpha value is -2.32. The number of nitrogens with two attached hydrogens (primary N) is 2. The van der Waals surface area contributed by atoms with Crippen molar-refractivity contribution in [3.05, 3.63) is 23.9 Å². The van der Waals surface area contributed by atoms with Crippen LogP contribution in [0.3, 0.4) is 0 Å². The van der Waals surface area contributed by atoms with E-state index >= 15 is 0 Å². The van der Waals surface area contributed by atoms with E-state index in [-0.39, 0.29) is 12.5 Å². The van der Waals surface area contributed by atoms with Gasteiger partial charge in [-0.05, 0) is 32.2 Å². The monoisotopic (exact) mass is 402 g/mol. The number of hydrogen-bond acceptors (Lipinski definition) is 6. The molecule has 4 atom stereocenters. The number of fused-ring (bicyclic) bond motifs is 2. The summed E-state index contributed by atoms with van der Waals surface area (Å²) in [4.78, 5) is 45.8. The third kappa shape index (κ3) is 3.14. The number of nitrogens with one attached hydrogen (secondary N) is 1. The Morgan fingerprint density at radius 2 is 2.17 bits per heavy atom. The third-order valence-electron chi connectivity index (χ3n) is 6.62. The highest BCUT2D eigenvalue weighted by atomic mass is 16.2. The molecule has 2 fully saturated rings. The lowest BCUT2D eigenvalue weighted by atomic mass is 9.72. The van der Waals surface area contributed by atoms with Crippen molar-refractivity contribution in [2.24, 2.45) is 11.5 Å². The van der Waals surface area contributed by atoms with Gasteiger partial charge >= 0.3 is 0 Å². The van der Waals surface area contributed by atoms with Gasteiger partial charge in [-0.2, -0.15) is 0 Å². The van der Waals surface area contributed by atoms with Crippen LogP contribution in [0, 0.1) is 0 Å². The number of anilines is 1. The van der Waals surface area contributed by atoms with Gasteiger partial charge < -0.3 is 16.8 Å². The molecule has 2 unspecified atom stereocenters. The van der Waals surface area contributed by atoms with Gasteiger partial charge in [0.25, 0.3) is 0 Å². The van der Waals surface area contributed by atoms with Gasteiger partial charge in [0.2, 0.25) is 11.8 Å². The maximum Gasteiger partial charge on any atom is 0.238 e. The number of pyridine rings is 1. The Bertz CT molecular complexity index is 934. The average Bonchev–Trinajstić information content (AvgIpc) is 3.24. The number of ketones is 1. The van der Waals surface area contributed by atoms with Gasteiger partial charge in [0.1, 0.15) is 11.2 Å². The summed E-state index contributed by atoms with van der Waals surface area (Å²) >= 11 is 0. The van der Waals surface area contributed by atoms with Gasteiger partial charge in [0, 0.05) is 34.4 Å². The van der Waals surface area contributed by atoms with Crippen LogP contribution >= 0.6 is 0 Å². The molecule has 1 aliphatic carbocycles. The first-order valence-electron chi connectivity index (χ1n) is 11.7. The maximum atomic E-state index is 13.7. The molecular formula is C21H29N5O3. The minimum Gasteiger partial charge on any atom is -0.368 e. The van der Waals surface area contributed by atoms with Crippen molar-refractivity contribution in [2.45, 2.75) is 81.4 Å². The summed E-state index contributed by atoms with van der Waals surface area (Å²) in [5, 5.41) is 2.76. The number of amides is 2. The van der Waals surface area contributed by atoms with E-state index < -0.39 is 54.4 Å². The topological polar surface area (TPSA) is 131 Å². The molecule has 8 heteroatoms. The fraction of sp³-hybridized carbons (Fsp3) is 0.619. The highest BCUT2D eigenvalue weighted by Crippen LogP contribution is 2.51. The fourth-order valence-electron chi connectivity index (χ4n) is 5.50. The van der Waals surface area contributed by atoms with Crippen LogP contribution in [0.2, 0.25) is 0 Å². The van der Waals surface area contributed by atoms with Crippen molar-refractivity contribution in [3.8, 4) is 0 Å². The minimum absolute atomic E-state index is 0.0444. The van der Waals surface area contributed by atoms with Crippen LogP contribution in [0.25, 0.3) is 0 Å². The summed E-state index contributed by atoms with van der Waals surface area (Å²) in [6.07, 6.45) is 5.65. The SMILES string of the molecule is [2H]C([2H])([2H])C(N)CC(=O)C1N(C2CCCCC2)[C@H](C(N)=O)C[C@]12C(=O)Nc1ncccc12. The van der Waals surface area contributed by atoms with E-state index in [0.29, 0.717) is 11.4 Å². The van der Waals surface area contributed by atoms with Gasteiger partial charge in [0.15, 0.2) is 5.78 Å². The highest BCUT2D eigenvalue weighted by Gasteiger charge is 2.65. The molecule has 1 aromatic heterocycles. The average molecular weight is 403 g/mol. The third-order valence-corrected chi connectivity index (χ3v) is 6.62. The molecule has 2 amide bonds. The van der Waals surface area contributed by atoms with Crippen LogP contribution in [0.15, 0.2) is 18.3 Å². The zero-order valence-electron chi connectivity index (χ0n) is 19.3. The number of Topliss-reactive ketones (excluding diaryl/α,β-unsaturated/α-hetero) is 1. The van der Waals surface area contributed by atoms with Crippen molar-refractivity contribution in [1.29, 1.82) is 0 Å². The van der Waals surface area contributed by atoms with Gasteiger partial charge in [-0.15, -0.1) is 0 Å². The summed E-state index contributed by atoms with van der Waals surface area (Å²) in [7, 11) is 0. The minimum atomic E-state index is -2.52. The van der Waals surface area contributed by atoms with Crippen LogP contribution in [-0.2, 0) is 19.8 Å². The second-order valence-corrected chi connectivity index (χ2v) is 8.37. The maximum absolute atomic E-state index is 13.7. The summed E-state index contributed by atoms with van der Waals surface area (Å²) in [5.41, 5.74) is 10.8. The first-order valence-corrected chi connectivity index (χ1v) is 10.2. The molecule has 0 radical (unpaired) electrons. The molecule has 1 spiro atoms. The van der Waals surface area contributed by atoms with Gasteiger partial charge in [0.05, 0.1) is 12.1 Å². The predicted molar refractivity (Wildman–Crippen MR) is 108 cm³/mol. The van der Waals surface area contributed by atoms with Crippen molar-refractivity contribution in [1.82, 2.24) is 9.88 Å². The molecule has 1 saturated carbocycles. The summed E-state index contributed by atoms with van der Waals surface area (Å²) < 4.78 is 22.8. The number of hydrogen-bond donors (Lipinski definition) is 3. The smallest absolute Gasteiger partial charge is 0.238 e. The Morgan fingerprint density at radius 1 is 1.41 bits per heavy atom. The number of likely N-dealkylation sites (tertiary alicyclic amines) is 1. The first kappa shape index (κ1) is 16.5. The molecule has 8 nitrogen and oxygen atoms in total. The van der Waals surface area contributed by atoms with Gasteiger partial charge in [-0.3, -0.25) is 19.3 Å². The Morgan fingerprint density at radius 3 is 2.86 bits per heavy atom. The number of nitrogens with zero attached hydrogens (tertiary/aromatic N) is 2. The molecular weight excluding hydrogens is 370 g/mol. The Kier molecular flexibility index (Phi) is 4.26. The van der Waals surface area contributed by atoms with Crippen molar-refractivity contribution in [2.75, 3.05) is 5.32 Å². The van der Waals surface area contributed by atoms with E-state index in [1.807, 2.05) is 0 Å². The van der Waals surface area contributed by atoms with Crippen molar-refractivity contribution in [3.63, 3.8) is 0 Å². The van der Waals surface area contributed by atoms with Crippen LogP contribution in [0.1, 0.15) is 61.5 Å². The molecule has 156 valence electrons. The highest BCUT2D eigenvalue weighted by molar-refractivity contribution is 6.11. The van der Waals surface area contributed by atoms with E-state index in [4.69, 9.17) is 15.6 Å². The lowest BCUT2D eigenvalue weighted by Crippen LogP contribution is -2.57. The summed E-state index contributed by atoms with van der Waals surface area (Å²) in [6.45, 7) is -2.52. The standard InChI is InChI=1S/C21H29N5O3/c1-12(22)10-16(27)17-21(14-8-5-9-24-19(14)25-20(21)29)11-15(18(23)28)26(17)13-6-3-2-4-7-13/h5,8-9,12-13,15,17H,2-4,6-7,10-11,22H2,1H3,(H2,23,28)(H,24,25,29)/t12?,15-,17?,21+/m0/s1/i1D3. The molecule has 1 saturated heterocycles. The lowest BCUT2D eigenvalue weighted by Gasteiger charge is -2.40. The van der Waals surface area contributed by atoms with E-state index in [1.54, 1.807) is 23.2 Å². The van der Waals surface area contributed by atoms with Gasteiger partial charge in [-0.25, -0.2) is 4.98 Å². The fourth-order valence-corrected chi connectivity index (χ4v) is 5.50. The molecule has 0 aromatic carbocycles. The summed E-state index contributed by atoms with van der Waals surface area (Å²) in [5.74, 6) is -1.13. The number of carbonyl (C=O) groups is 3. The molecule has 1 aromatic rings. The van der Waals surface area contributed by atoms with E-state index in [1.165, 1.54) is 0 Å². The van der Waals surface area contributed by atoms with E-state index in [2.05, 4.69) is 10.3 Å². The zero-order chi connectivity index (χ0) is 23.3. The van der Waals surface area contributed by atoms with Crippen molar-refractivity contribution >= 4 is 23.4 Å². The number of aromatic nitrogens is 1. The second-order valence-electron chi connectivity index (χ2n) is 8.37. The largest absolute Gasteiger partial charge is 0.368 e. The van der Waals surface area contributed by atoms with E-state index in [9.17, 15) is 14.4 Å². The molecule has 0 bridgehead atoms. The van der Waals surface area contributed by atoms with Gasteiger partial charge in [-0.1, -0.05) is 25.3 Å². The second kappa shape index (κ2) is 7.50. The van der Waals surface area contributed by atoms with Crippen LogP contribution in [0.5, 0.6) is 0 Å². The Balaban J connectivity index is 1.84. The van der Waals surface area contributed by atoms with Crippen LogP contribution < -0.4 is 16.8 Å². The van der Waals surface area contributed by atoms with Crippen LogP contribution in [-0.4, -0.2) is 51.6 Å². The molecule has 29 heavy (non-hydrogen) atoms. The lowest BCUT2D eigenvalue weighted by molar-refractivity contribution is -0.133. The quantitative estimate of drug-likeness (QED) is 0.669. The number of rotatable bonds is 5. The van der Waals surface area contributed by atoms with Crippen molar-refractivity contribution < 1.29 is 18.5 Å². The molecule has 4 rings (SSSR count). The van der Waals surface area contributed by atoms with E-state index in [0.717, 1.165) is 32.1 Å². The molecule has 5 N–H and O–H groups in total.